The highest BCUT2D eigenvalue weighted by Crippen LogP contribution is 2.55. The third kappa shape index (κ3) is 2.55. The van der Waals surface area contributed by atoms with Crippen molar-refractivity contribution in [3.8, 4) is 0 Å². The number of aromatic nitrogens is 3. The number of rotatable bonds is 5. The molecule has 0 spiro atoms. The smallest absolute Gasteiger partial charge is 0.289 e. The molecule has 2 heterocycles. The third-order valence-electron chi connectivity index (χ3n) is 7.08. The van der Waals surface area contributed by atoms with Crippen LogP contribution in [0.5, 0.6) is 0 Å². The van der Waals surface area contributed by atoms with Crippen molar-refractivity contribution in [3.63, 3.8) is 0 Å². The molecule has 7 nitrogen and oxygen atoms in total. The molecule has 26 heavy (non-hydrogen) atoms. The molecule has 140 valence electrons. The summed E-state index contributed by atoms with van der Waals surface area (Å²) in [5.74, 6) is 2.42. The van der Waals surface area contributed by atoms with E-state index < -0.39 is 0 Å². The molecule has 3 saturated carbocycles. The molecular formula is C19H27N5O2. The molecule has 3 aliphatic carbocycles. The maximum absolute atomic E-state index is 13.1. The van der Waals surface area contributed by atoms with Gasteiger partial charge < -0.3 is 14.8 Å². The molecule has 7 heteroatoms. The molecule has 2 amide bonds. The molecule has 4 fully saturated rings. The lowest BCUT2D eigenvalue weighted by atomic mass is 9.98. The van der Waals surface area contributed by atoms with Crippen LogP contribution < -0.4 is 5.32 Å². The van der Waals surface area contributed by atoms with Gasteiger partial charge in [0.2, 0.25) is 11.7 Å². The zero-order chi connectivity index (χ0) is 17.9. The Morgan fingerprint density at radius 1 is 1.27 bits per heavy atom. The average molecular weight is 357 g/mol. The van der Waals surface area contributed by atoms with Crippen molar-refractivity contribution >= 4 is 11.8 Å². The molecular weight excluding hydrogens is 330 g/mol. The topological polar surface area (TPSA) is 80.1 Å². The van der Waals surface area contributed by atoms with Gasteiger partial charge in [-0.1, -0.05) is 0 Å². The first-order chi connectivity index (χ1) is 12.6. The van der Waals surface area contributed by atoms with Crippen LogP contribution in [0.3, 0.4) is 0 Å². The number of likely N-dealkylation sites (tertiary alicyclic amines) is 1. The summed E-state index contributed by atoms with van der Waals surface area (Å²) in [6, 6.07) is 0.147. The SMILES string of the molecule is CCn1cnnc1C(=O)NC1(C2CCCN2C(=O)C2CC3CC3C2)CC1. The highest BCUT2D eigenvalue weighted by Gasteiger charge is 2.57. The molecule has 3 unspecified atom stereocenters. The Morgan fingerprint density at radius 2 is 2.04 bits per heavy atom. The van der Waals surface area contributed by atoms with E-state index in [0.29, 0.717) is 18.3 Å². The van der Waals surface area contributed by atoms with Crippen molar-refractivity contribution in [2.45, 2.75) is 70.0 Å². The summed E-state index contributed by atoms with van der Waals surface area (Å²) in [5.41, 5.74) is -0.255. The van der Waals surface area contributed by atoms with Gasteiger partial charge in [-0.25, -0.2) is 0 Å². The minimum absolute atomic E-state index is 0.147. The van der Waals surface area contributed by atoms with Gasteiger partial charge >= 0.3 is 0 Å². The van der Waals surface area contributed by atoms with E-state index in [9.17, 15) is 9.59 Å². The van der Waals surface area contributed by atoms with Gasteiger partial charge in [0.25, 0.3) is 5.91 Å². The van der Waals surface area contributed by atoms with Gasteiger partial charge in [0, 0.05) is 19.0 Å². The monoisotopic (exact) mass is 357 g/mol. The quantitative estimate of drug-likeness (QED) is 0.868. The molecule has 4 aliphatic rings. The molecule has 5 rings (SSSR count). The molecule has 3 atom stereocenters. The molecule has 1 N–H and O–H groups in total. The van der Waals surface area contributed by atoms with Crippen LogP contribution in [0.2, 0.25) is 0 Å². The molecule has 1 aromatic rings. The van der Waals surface area contributed by atoms with Crippen molar-refractivity contribution in [3.05, 3.63) is 12.2 Å². The van der Waals surface area contributed by atoms with Crippen LogP contribution in [0.1, 0.15) is 62.5 Å². The van der Waals surface area contributed by atoms with E-state index in [2.05, 4.69) is 20.4 Å². The largest absolute Gasteiger partial charge is 0.342 e. The summed E-state index contributed by atoms with van der Waals surface area (Å²) in [5, 5.41) is 11.1. The van der Waals surface area contributed by atoms with Crippen LogP contribution >= 0.6 is 0 Å². The Hall–Kier alpha value is -1.92. The number of hydrogen-bond acceptors (Lipinski definition) is 4. The number of nitrogens with one attached hydrogen (secondary N) is 1. The zero-order valence-corrected chi connectivity index (χ0v) is 15.4. The predicted octanol–water partition coefficient (Wildman–Crippen LogP) is 1.60. The number of hydrogen-bond donors (Lipinski definition) is 1. The van der Waals surface area contributed by atoms with E-state index in [1.807, 2.05) is 6.92 Å². The van der Waals surface area contributed by atoms with Crippen LogP contribution in [0.15, 0.2) is 6.33 Å². The third-order valence-corrected chi connectivity index (χ3v) is 7.08. The number of aryl methyl sites for hydroxylation is 1. The van der Waals surface area contributed by atoms with Crippen molar-refractivity contribution in [1.29, 1.82) is 0 Å². The van der Waals surface area contributed by atoms with Gasteiger partial charge in [-0.15, -0.1) is 10.2 Å². The van der Waals surface area contributed by atoms with Crippen molar-refractivity contribution in [2.24, 2.45) is 17.8 Å². The zero-order valence-electron chi connectivity index (χ0n) is 15.4. The second-order valence-corrected chi connectivity index (χ2v) is 8.66. The van der Waals surface area contributed by atoms with E-state index in [4.69, 9.17) is 0 Å². The van der Waals surface area contributed by atoms with Crippen molar-refractivity contribution in [1.82, 2.24) is 25.0 Å². The van der Waals surface area contributed by atoms with Crippen LogP contribution in [0.4, 0.5) is 0 Å². The van der Waals surface area contributed by atoms with Crippen LogP contribution in [-0.2, 0) is 11.3 Å². The highest BCUT2D eigenvalue weighted by molar-refractivity contribution is 5.91. The fourth-order valence-corrected chi connectivity index (χ4v) is 5.38. The van der Waals surface area contributed by atoms with E-state index in [0.717, 1.165) is 56.9 Å². The van der Waals surface area contributed by atoms with Crippen molar-refractivity contribution < 1.29 is 9.59 Å². The van der Waals surface area contributed by atoms with Gasteiger partial charge in [0.1, 0.15) is 6.33 Å². The lowest BCUT2D eigenvalue weighted by molar-refractivity contribution is -0.137. The summed E-state index contributed by atoms with van der Waals surface area (Å²) >= 11 is 0. The first-order valence-electron chi connectivity index (χ1n) is 10.1. The normalized spacial score (nSPS) is 33.8. The Labute approximate surface area is 153 Å². The number of fused-ring (bicyclic) bond motifs is 1. The van der Waals surface area contributed by atoms with Crippen LogP contribution in [0.25, 0.3) is 0 Å². The van der Waals surface area contributed by atoms with Crippen LogP contribution in [-0.4, -0.2) is 49.6 Å². The first kappa shape index (κ1) is 16.3. The molecule has 0 bridgehead atoms. The molecule has 0 radical (unpaired) electrons. The lowest BCUT2D eigenvalue weighted by Gasteiger charge is -2.34. The van der Waals surface area contributed by atoms with E-state index in [1.54, 1.807) is 10.9 Å². The standard InChI is InChI=1S/C19H27N5O2/c1-2-23-11-20-22-16(23)17(25)21-19(5-6-19)15-4-3-7-24(15)18(26)14-9-12-8-13(12)10-14/h11-15H,2-10H2,1H3,(H,21,25). The maximum Gasteiger partial charge on any atom is 0.289 e. The minimum Gasteiger partial charge on any atom is -0.342 e. The van der Waals surface area contributed by atoms with Crippen molar-refractivity contribution in [2.75, 3.05) is 6.54 Å². The second-order valence-electron chi connectivity index (χ2n) is 8.66. The van der Waals surface area contributed by atoms with E-state index in [-0.39, 0.29) is 23.4 Å². The Bertz CT molecular complexity index is 730. The second kappa shape index (κ2) is 5.79. The lowest BCUT2D eigenvalue weighted by Crippen LogP contribution is -2.54. The maximum atomic E-state index is 13.1. The first-order valence-corrected chi connectivity index (χ1v) is 10.1. The van der Waals surface area contributed by atoms with E-state index in [1.165, 1.54) is 6.42 Å². The number of amides is 2. The van der Waals surface area contributed by atoms with Gasteiger partial charge in [-0.2, -0.15) is 0 Å². The van der Waals surface area contributed by atoms with Crippen LogP contribution in [0, 0.1) is 17.8 Å². The number of carbonyl (C=O) groups is 2. The number of carbonyl (C=O) groups excluding carboxylic acids is 2. The van der Waals surface area contributed by atoms with Gasteiger partial charge in [0.15, 0.2) is 0 Å². The fraction of sp³-hybridized carbons (Fsp3) is 0.789. The summed E-state index contributed by atoms with van der Waals surface area (Å²) in [6.07, 6.45) is 9.03. The molecule has 1 saturated heterocycles. The molecule has 1 aliphatic heterocycles. The summed E-state index contributed by atoms with van der Waals surface area (Å²) in [7, 11) is 0. The summed E-state index contributed by atoms with van der Waals surface area (Å²) in [4.78, 5) is 27.9. The predicted molar refractivity (Wildman–Crippen MR) is 94.2 cm³/mol. The molecule has 0 aromatic carbocycles. The van der Waals surface area contributed by atoms with Gasteiger partial charge in [0.05, 0.1) is 11.6 Å². The van der Waals surface area contributed by atoms with E-state index >= 15 is 0 Å². The minimum atomic E-state index is -0.255. The summed E-state index contributed by atoms with van der Waals surface area (Å²) < 4.78 is 1.76. The average Bonchev–Trinajstić information content (AvgIpc) is 3.36. The Balaban J connectivity index is 1.30. The summed E-state index contributed by atoms with van der Waals surface area (Å²) in [6.45, 7) is 3.48. The van der Waals surface area contributed by atoms with Gasteiger partial charge in [-0.05, 0) is 63.7 Å². The Morgan fingerprint density at radius 3 is 2.73 bits per heavy atom. The number of nitrogens with zero attached hydrogens (tertiary/aromatic N) is 4. The van der Waals surface area contributed by atoms with Gasteiger partial charge in [-0.3, -0.25) is 9.59 Å². The highest BCUT2D eigenvalue weighted by atomic mass is 16.2. The fourth-order valence-electron chi connectivity index (χ4n) is 5.38. The Kier molecular flexibility index (Phi) is 3.62. The molecule has 1 aromatic heterocycles.